The molecule has 2 amide bonds. The van der Waals surface area contributed by atoms with E-state index in [-0.39, 0.29) is 31.5 Å². The van der Waals surface area contributed by atoms with E-state index in [4.69, 9.17) is 25.8 Å². The Morgan fingerprint density at radius 2 is 1.94 bits per heavy atom. The topological polar surface area (TPSA) is 98.8 Å². The van der Waals surface area contributed by atoms with E-state index in [0.717, 1.165) is 0 Å². The number of hydrogen-bond donors (Lipinski definition) is 2. The number of benzene rings is 1. The van der Waals surface area contributed by atoms with Crippen LogP contribution in [0.5, 0.6) is 0 Å². The minimum absolute atomic E-state index is 0.0944. The molecule has 1 aromatic carbocycles. The van der Waals surface area contributed by atoms with Crippen LogP contribution in [0.1, 0.15) is 34.6 Å². The number of hydrogen-bond acceptors (Lipinski definition) is 6. The van der Waals surface area contributed by atoms with Gasteiger partial charge in [0, 0.05) is 26.2 Å². The Balaban J connectivity index is 1.48. The quantitative estimate of drug-likeness (QED) is 0.712. The van der Waals surface area contributed by atoms with E-state index in [1.807, 2.05) is 0 Å². The summed E-state index contributed by atoms with van der Waals surface area (Å²) in [6.45, 7) is 3.95. The number of carbonyl (C=O) groups is 2. The largest absolute Gasteiger partial charge is 0.489 e. The van der Waals surface area contributed by atoms with Gasteiger partial charge in [-0.2, -0.15) is 0 Å². The molecule has 0 bridgehead atoms. The van der Waals surface area contributed by atoms with Gasteiger partial charge in [0.15, 0.2) is 17.1 Å². The summed E-state index contributed by atoms with van der Waals surface area (Å²) in [5, 5.41) is 6.01. The number of amides is 2. The number of halogens is 1. The molecule has 0 radical (unpaired) electrons. The molecule has 1 atom stereocenters. The van der Waals surface area contributed by atoms with Crippen LogP contribution in [0.4, 0.5) is 0 Å². The van der Waals surface area contributed by atoms with Crippen molar-refractivity contribution in [3.63, 3.8) is 0 Å². The molecule has 1 aromatic heterocycles. The number of ether oxygens (including phenoxy) is 3. The van der Waals surface area contributed by atoms with Gasteiger partial charge in [0.25, 0.3) is 11.8 Å². The van der Waals surface area contributed by atoms with Gasteiger partial charge in [-0.3, -0.25) is 14.6 Å². The lowest BCUT2D eigenvalue weighted by Gasteiger charge is -2.25. The van der Waals surface area contributed by atoms with Crippen LogP contribution in [0.2, 0.25) is 5.02 Å². The highest BCUT2D eigenvalue weighted by atomic mass is 35.5. The molecule has 2 aliphatic rings. The fourth-order valence-corrected chi connectivity index (χ4v) is 3.80. The average molecular weight is 444 g/mol. The second kappa shape index (κ2) is 8.20. The molecule has 2 aromatic rings. The van der Waals surface area contributed by atoms with Crippen molar-refractivity contribution < 1.29 is 23.8 Å². The van der Waals surface area contributed by atoms with Crippen LogP contribution in [0, 0.1) is 0 Å². The first-order valence-electron chi connectivity index (χ1n) is 9.76. The van der Waals surface area contributed by atoms with Gasteiger partial charge in [0.05, 0.1) is 29.2 Å². The monoisotopic (exact) mass is 443 g/mol. The smallest absolute Gasteiger partial charge is 0.253 e. The predicted molar refractivity (Wildman–Crippen MR) is 112 cm³/mol. The van der Waals surface area contributed by atoms with Crippen molar-refractivity contribution in [3.05, 3.63) is 76.5 Å². The van der Waals surface area contributed by atoms with Crippen LogP contribution < -0.4 is 10.6 Å². The van der Waals surface area contributed by atoms with Gasteiger partial charge < -0.3 is 24.8 Å². The summed E-state index contributed by atoms with van der Waals surface area (Å²) in [7, 11) is 0. The van der Waals surface area contributed by atoms with E-state index in [9.17, 15) is 9.59 Å². The van der Waals surface area contributed by atoms with Gasteiger partial charge in [-0.05, 0) is 24.3 Å². The summed E-state index contributed by atoms with van der Waals surface area (Å²) in [6, 6.07) is 10.1. The number of rotatable bonds is 6. The van der Waals surface area contributed by atoms with E-state index in [2.05, 4.69) is 15.6 Å². The van der Waals surface area contributed by atoms with E-state index in [1.54, 1.807) is 56.4 Å². The molecule has 3 heterocycles. The lowest BCUT2D eigenvalue weighted by Crippen LogP contribution is -2.46. The molecule has 0 spiro atoms. The maximum Gasteiger partial charge on any atom is 0.253 e. The van der Waals surface area contributed by atoms with Gasteiger partial charge >= 0.3 is 0 Å². The average Bonchev–Trinajstić information content (AvgIpc) is 3.21. The summed E-state index contributed by atoms with van der Waals surface area (Å²) in [4.78, 5) is 28.9. The predicted octanol–water partition coefficient (Wildman–Crippen LogP) is 2.66. The molecular weight excluding hydrogens is 422 g/mol. The summed E-state index contributed by atoms with van der Waals surface area (Å²) < 4.78 is 17.9. The van der Waals surface area contributed by atoms with Crippen LogP contribution in [0.3, 0.4) is 0 Å². The molecule has 162 valence electrons. The highest BCUT2D eigenvalue weighted by molar-refractivity contribution is 6.33. The fraction of sp³-hybridized carbons (Fsp3) is 0.318. The Morgan fingerprint density at radius 3 is 2.68 bits per heavy atom. The van der Waals surface area contributed by atoms with E-state index in [1.165, 1.54) is 6.20 Å². The Hall–Kier alpha value is -3.10. The molecule has 1 fully saturated rings. The highest BCUT2D eigenvalue weighted by Crippen LogP contribution is 2.45. The van der Waals surface area contributed by atoms with Crippen molar-refractivity contribution in [2.75, 3.05) is 19.7 Å². The standard InChI is InChI=1S/C22H22ClN3O5/c1-21(2)30-18-17(11-25-20(28)15-7-3-4-8-16(15)23)29-13-22(18,31-21)12-26-19(27)14-6-5-9-24-10-14/h3-10H,11-13H2,1-2H3,(H,25,28)(H,26,27)/t22-/m0/s1. The number of carbonyl (C=O) groups excluding carboxylic acids is 2. The number of pyridine rings is 1. The van der Waals surface area contributed by atoms with Crippen molar-refractivity contribution in [2.24, 2.45) is 0 Å². The summed E-state index contributed by atoms with van der Waals surface area (Å²) >= 11 is 6.09. The zero-order valence-corrected chi connectivity index (χ0v) is 17.9. The van der Waals surface area contributed by atoms with E-state index >= 15 is 0 Å². The number of fused-ring (bicyclic) bond motifs is 1. The van der Waals surface area contributed by atoms with Crippen molar-refractivity contribution in [1.82, 2.24) is 15.6 Å². The zero-order chi connectivity index (χ0) is 22.1. The third kappa shape index (κ3) is 4.35. The molecule has 31 heavy (non-hydrogen) atoms. The minimum atomic E-state index is -0.980. The van der Waals surface area contributed by atoms with Crippen molar-refractivity contribution in [3.8, 4) is 0 Å². The molecule has 0 saturated carbocycles. The van der Waals surface area contributed by atoms with Crippen LogP contribution in [0.25, 0.3) is 0 Å². The molecule has 8 nitrogen and oxygen atoms in total. The second-order valence-electron chi connectivity index (χ2n) is 7.73. The van der Waals surface area contributed by atoms with Gasteiger partial charge in [-0.15, -0.1) is 0 Å². The van der Waals surface area contributed by atoms with Gasteiger partial charge in [0.2, 0.25) is 5.79 Å². The second-order valence-corrected chi connectivity index (χ2v) is 8.13. The molecule has 0 unspecified atom stereocenters. The third-order valence-corrected chi connectivity index (χ3v) is 5.25. The van der Waals surface area contributed by atoms with Crippen molar-refractivity contribution >= 4 is 23.4 Å². The number of nitrogens with one attached hydrogen (secondary N) is 2. The first kappa shape index (κ1) is 21.1. The third-order valence-electron chi connectivity index (χ3n) is 4.92. The highest BCUT2D eigenvalue weighted by Gasteiger charge is 2.56. The van der Waals surface area contributed by atoms with Crippen LogP contribution in [-0.4, -0.2) is 47.9 Å². The molecule has 4 rings (SSSR count). The Kier molecular flexibility index (Phi) is 5.60. The van der Waals surface area contributed by atoms with E-state index < -0.39 is 11.4 Å². The van der Waals surface area contributed by atoms with Gasteiger partial charge in [-0.25, -0.2) is 0 Å². The van der Waals surface area contributed by atoms with Crippen molar-refractivity contribution in [1.29, 1.82) is 0 Å². The fourth-order valence-electron chi connectivity index (χ4n) is 3.57. The maximum atomic E-state index is 12.5. The SMILES string of the molecule is CC1(C)OC2=C(CNC(=O)c3ccccc3Cl)OC[C@]2(CNC(=O)c2cccnc2)O1. The summed E-state index contributed by atoms with van der Waals surface area (Å²) in [6.07, 6.45) is 3.08. The van der Waals surface area contributed by atoms with Gasteiger partial charge in [-0.1, -0.05) is 23.7 Å². The Labute approximate surface area is 184 Å². The number of nitrogens with zero attached hydrogens (tertiary/aromatic N) is 1. The summed E-state index contributed by atoms with van der Waals surface area (Å²) in [5.41, 5.74) is -0.174. The Bertz CT molecular complexity index is 1040. The molecule has 2 aliphatic heterocycles. The maximum absolute atomic E-state index is 12.5. The molecule has 0 aliphatic carbocycles. The molecule has 2 N–H and O–H groups in total. The Morgan fingerprint density at radius 1 is 1.13 bits per heavy atom. The molecule has 1 saturated heterocycles. The molecular formula is C22H22ClN3O5. The first-order chi connectivity index (χ1) is 14.8. The first-order valence-corrected chi connectivity index (χ1v) is 10.1. The normalized spacial score (nSPS) is 21.1. The van der Waals surface area contributed by atoms with Crippen LogP contribution in [0.15, 0.2) is 60.3 Å². The van der Waals surface area contributed by atoms with Crippen LogP contribution in [-0.2, 0) is 14.2 Å². The minimum Gasteiger partial charge on any atom is -0.489 e. The van der Waals surface area contributed by atoms with Crippen LogP contribution >= 0.6 is 11.6 Å². The lowest BCUT2D eigenvalue weighted by atomic mass is 10.0. The number of aromatic nitrogens is 1. The summed E-state index contributed by atoms with van der Waals surface area (Å²) in [5.74, 6) is -0.612. The zero-order valence-electron chi connectivity index (χ0n) is 17.1. The molecule has 9 heteroatoms. The van der Waals surface area contributed by atoms with E-state index in [0.29, 0.717) is 27.7 Å². The lowest BCUT2D eigenvalue weighted by molar-refractivity contribution is -0.170. The van der Waals surface area contributed by atoms with Crippen molar-refractivity contribution in [2.45, 2.75) is 25.2 Å². The van der Waals surface area contributed by atoms with Gasteiger partial charge in [0.1, 0.15) is 6.61 Å².